The van der Waals surface area contributed by atoms with Gasteiger partial charge in [0.15, 0.2) is 0 Å². The molecule has 0 amide bonds. The molecule has 0 spiro atoms. The van der Waals surface area contributed by atoms with Gasteiger partial charge in [-0.2, -0.15) is 8.78 Å². The van der Waals surface area contributed by atoms with Crippen molar-refractivity contribution >= 4 is 21.9 Å². The second kappa shape index (κ2) is 5.83. The zero-order chi connectivity index (χ0) is 14.0. The molecule has 19 heavy (non-hydrogen) atoms. The lowest BCUT2D eigenvalue weighted by atomic mass is 10.00. The number of alkyl halides is 2. The SMILES string of the molecule is O=C(O)C1CN(Cc2ccc(OC(F)F)c(Br)c2)C1. The fraction of sp³-hybridized carbons (Fsp3) is 0.417. The zero-order valence-electron chi connectivity index (χ0n) is 9.85. The average Bonchev–Trinajstić information content (AvgIpc) is 2.25. The van der Waals surface area contributed by atoms with Gasteiger partial charge in [0, 0.05) is 19.6 Å². The van der Waals surface area contributed by atoms with Gasteiger partial charge in [-0.3, -0.25) is 9.69 Å². The maximum Gasteiger partial charge on any atom is 0.387 e. The van der Waals surface area contributed by atoms with Crippen molar-refractivity contribution in [2.24, 2.45) is 5.92 Å². The quantitative estimate of drug-likeness (QED) is 0.898. The van der Waals surface area contributed by atoms with E-state index in [1.165, 1.54) is 6.07 Å². The molecular formula is C12H12BrF2NO3. The Balaban J connectivity index is 1.92. The van der Waals surface area contributed by atoms with Gasteiger partial charge < -0.3 is 9.84 Å². The topological polar surface area (TPSA) is 49.8 Å². The molecule has 1 fully saturated rings. The van der Waals surface area contributed by atoms with Gasteiger partial charge in [-0.1, -0.05) is 6.07 Å². The summed E-state index contributed by atoms with van der Waals surface area (Å²) in [7, 11) is 0. The third kappa shape index (κ3) is 3.63. The van der Waals surface area contributed by atoms with Gasteiger partial charge in [-0.15, -0.1) is 0 Å². The molecule has 1 aliphatic heterocycles. The molecule has 1 aromatic rings. The van der Waals surface area contributed by atoms with Crippen LogP contribution in [0.4, 0.5) is 8.78 Å². The monoisotopic (exact) mass is 335 g/mol. The fourth-order valence-electron chi connectivity index (χ4n) is 1.95. The van der Waals surface area contributed by atoms with E-state index >= 15 is 0 Å². The third-order valence-corrected chi connectivity index (χ3v) is 3.54. The molecule has 0 aliphatic carbocycles. The van der Waals surface area contributed by atoms with E-state index in [0.29, 0.717) is 24.1 Å². The molecule has 1 N–H and O–H groups in total. The second-order valence-corrected chi connectivity index (χ2v) is 5.23. The first-order valence-corrected chi connectivity index (χ1v) is 6.43. The highest BCUT2D eigenvalue weighted by Crippen LogP contribution is 2.28. The minimum absolute atomic E-state index is 0.0887. The number of carboxylic acids is 1. The van der Waals surface area contributed by atoms with Crippen LogP contribution in [-0.2, 0) is 11.3 Å². The molecule has 0 unspecified atom stereocenters. The Morgan fingerprint density at radius 3 is 2.74 bits per heavy atom. The van der Waals surface area contributed by atoms with Crippen molar-refractivity contribution in [3.63, 3.8) is 0 Å². The number of carboxylic acid groups (broad SMARTS) is 1. The average molecular weight is 336 g/mol. The van der Waals surface area contributed by atoms with Crippen molar-refractivity contribution in [2.75, 3.05) is 13.1 Å². The van der Waals surface area contributed by atoms with E-state index in [1.807, 2.05) is 4.90 Å². The summed E-state index contributed by atoms with van der Waals surface area (Å²) in [5.74, 6) is -0.992. The Labute approximate surface area is 117 Å². The molecule has 0 saturated carbocycles. The lowest BCUT2D eigenvalue weighted by Gasteiger charge is -2.36. The Kier molecular flexibility index (Phi) is 4.36. The number of carbonyl (C=O) groups is 1. The Morgan fingerprint density at radius 1 is 1.53 bits per heavy atom. The summed E-state index contributed by atoms with van der Waals surface area (Å²) in [4.78, 5) is 12.6. The smallest absolute Gasteiger partial charge is 0.387 e. The summed E-state index contributed by atoms with van der Waals surface area (Å²) in [5.41, 5.74) is 0.914. The predicted octanol–water partition coefficient (Wildman–Crippen LogP) is 2.57. The van der Waals surface area contributed by atoms with Crippen LogP contribution in [0.2, 0.25) is 0 Å². The summed E-state index contributed by atoms with van der Waals surface area (Å²) < 4.78 is 29.0. The Bertz CT molecular complexity index is 478. The molecule has 4 nitrogen and oxygen atoms in total. The van der Waals surface area contributed by atoms with E-state index < -0.39 is 12.6 Å². The minimum atomic E-state index is -2.85. The molecule has 0 bridgehead atoms. The van der Waals surface area contributed by atoms with Gasteiger partial charge in [0.25, 0.3) is 0 Å². The van der Waals surface area contributed by atoms with Gasteiger partial charge in [0.05, 0.1) is 10.4 Å². The van der Waals surface area contributed by atoms with E-state index in [-0.39, 0.29) is 11.7 Å². The summed E-state index contributed by atoms with van der Waals surface area (Å²) in [6.45, 7) is -1.23. The van der Waals surface area contributed by atoms with Crippen molar-refractivity contribution in [1.82, 2.24) is 4.90 Å². The molecule has 1 aliphatic rings. The van der Waals surface area contributed by atoms with E-state index in [2.05, 4.69) is 20.7 Å². The number of rotatable bonds is 5. The van der Waals surface area contributed by atoms with Crippen molar-refractivity contribution in [3.05, 3.63) is 28.2 Å². The standard InChI is InChI=1S/C12H12BrF2NO3/c13-9-3-7(1-2-10(9)19-12(14)15)4-16-5-8(6-16)11(17)18/h1-3,8,12H,4-6H2,(H,17,18). The first-order chi connectivity index (χ1) is 8.95. The van der Waals surface area contributed by atoms with Gasteiger partial charge >= 0.3 is 12.6 Å². The number of nitrogens with zero attached hydrogens (tertiary/aromatic N) is 1. The molecule has 0 atom stereocenters. The van der Waals surface area contributed by atoms with Gasteiger partial charge in [-0.25, -0.2) is 0 Å². The molecule has 104 valence electrons. The number of hydrogen-bond donors (Lipinski definition) is 1. The molecule has 0 aromatic heterocycles. The molecular weight excluding hydrogens is 324 g/mol. The summed E-state index contributed by atoms with van der Waals surface area (Å²) in [6.07, 6.45) is 0. The summed E-state index contributed by atoms with van der Waals surface area (Å²) in [5, 5.41) is 8.76. The second-order valence-electron chi connectivity index (χ2n) is 4.37. The number of ether oxygens (including phenoxy) is 1. The maximum atomic E-state index is 12.1. The van der Waals surface area contributed by atoms with E-state index in [1.54, 1.807) is 12.1 Å². The first-order valence-electron chi connectivity index (χ1n) is 5.64. The first kappa shape index (κ1) is 14.2. The molecule has 1 heterocycles. The highest BCUT2D eigenvalue weighted by molar-refractivity contribution is 9.10. The number of likely N-dealkylation sites (tertiary alicyclic amines) is 1. The maximum absolute atomic E-state index is 12.1. The zero-order valence-corrected chi connectivity index (χ0v) is 11.4. The Morgan fingerprint density at radius 2 is 2.21 bits per heavy atom. The fourth-order valence-corrected chi connectivity index (χ4v) is 2.47. The molecule has 0 radical (unpaired) electrons. The van der Waals surface area contributed by atoms with Crippen LogP contribution in [-0.4, -0.2) is 35.7 Å². The van der Waals surface area contributed by atoms with Crippen LogP contribution < -0.4 is 4.74 Å². The van der Waals surface area contributed by atoms with E-state index in [9.17, 15) is 13.6 Å². The van der Waals surface area contributed by atoms with Crippen LogP contribution in [0.5, 0.6) is 5.75 Å². The molecule has 2 rings (SSSR count). The van der Waals surface area contributed by atoms with Crippen LogP contribution in [0.15, 0.2) is 22.7 Å². The number of benzene rings is 1. The Hall–Kier alpha value is -1.21. The van der Waals surface area contributed by atoms with E-state index in [0.717, 1.165) is 5.56 Å². The highest BCUT2D eigenvalue weighted by atomic mass is 79.9. The van der Waals surface area contributed by atoms with Gasteiger partial charge in [-0.05, 0) is 33.6 Å². The van der Waals surface area contributed by atoms with Crippen LogP contribution in [0.3, 0.4) is 0 Å². The lowest BCUT2D eigenvalue weighted by molar-refractivity contribution is -0.147. The van der Waals surface area contributed by atoms with Crippen molar-refractivity contribution < 1.29 is 23.4 Å². The lowest BCUT2D eigenvalue weighted by Crippen LogP contribution is -2.49. The summed E-state index contributed by atoms with van der Waals surface area (Å²) in [6, 6.07) is 4.86. The summed E-state index contributed by atoms with van der Waals surface area (Å²) >= 11 is 3.17. The van der Waals surface area contributed by atoms with Crippen LogP contribution in [0.1, 0.15) is 5.56 Å². The van der Waals surface area contributed by atoms with E-state index in [4.69, 9.17) is 5.11 Å². The van der Waals surface area contributed by atoms with Gasteiger partial charge in [0.1, 0.15) is 5.75 Å². The molecule has 7 heteroatoms. The van der Waals surface area contributed by atoms with Crippen molar-refractivity contribution in [2.45, 2.75) is 13.2 Å². The molecule has 1 saturated heterocycles. The molecule has 1 aromatic carbocycles. The van der Waals surface area contributed by atoms with Crippen LogP contribution in [0.25, 0.3) is 0 Å². The predicted molar refractivity (Wildman–Crippen MR) is 67.2 cm³/mol. The van der Waals surface area contributed by atoms with Crippen molar-refractivity contribution in [1.29, 1.82) is 0 Å². The number of aliphatic carboxylic acids is 1. The van der Waals surface area contributed by atoms with Crippen molar-refractivity contribution in [3.8, 4) is 5.75 Å². The normalized spacial score (nSPS) is 16.4. The van der Waals surface area contributed by atoms with Crippen LogP contribution in [0, 0.1) is 5.92 Å². The number of hydrogen-bond acceptors (Lipinski definition) is 3. The minimum Gasteiger partial charge on any atom is -0.481 e. The highest BCUT2D eigenvalue weighted by Gasteiger charge is 2.32. The third-order valence-electron chi connectivity index (χ3n) is 2.92. The van der Waals surface area contributed by atoms with Crippen LogP contribution >= 0.6 is 15.9 Å². The van der Waals surface area contributed by atoms with Gasteiger partial charge in [0.2, 0.25) is 0 Å². The number of halogens is 3. The largest absolute Gasteiger partial charge is 0.481 e.